The van der Waals surface area contributed by atoms with Gasteiger partial charge in [0.05, 0.1) is 7.05 Å². The van der Waals surface area contributed by atoms with Crippen molar-refractivity contribution in [3.05, 3.63) is 24.0 Å². The van der Waals surface area contributed by atoms with Crippen molar-refractivity contribution in [2.45, 2.75) is 6.92 Å². The van der Waals surface area contributed by atoms with Crippen molar-refractivity contribution in [2.75, 3.05) is 7.05 Å². The van der Waals surface area contributed by atoms with Crippen LogP contribution in [0, 0.1) is 0 Å². The van der Waals surface area contributed by atoms with E-state index < -0.39 is 0 Å². The minimum atomic E-state index is 0.417. The molecular weight excluding hydrogens is 100 g/mol. The number of nitrogens with zero attached hydrogens (tertiary/aromatic N) is 1. The fraction of sp³-hybridized carbons (Fsp3) is 0.333. The smallest absolute Gasteiger partial charge is 0.129 e. The largest absolute Gasteiger partial charge is 0.197 e. The maximum atomic E-state index is 5.70. The van der Waals surface area contributed by atoms with Crippen LogP contribution in [0.2, 0.25) is 0 Å². The van der Waals surface area contributed by atoms with Gasteiger partial charge in [0.2, 0.25) is 0 Å². The van der Waals surface area contributed by atoms with E-state index >= 15 is 0 Å². The number of allylic oxidation sites excluding steroid dienone is 3. The Hall–Kier alpha value is -0.600. The first-order valence-corrected chi connectivity index (χ1v) is 2.64. The molecule has 0 aromatic rings. The first-order valence-electron chi connectivity index (χ1n) is 2.64. The van der Waals surface area contributed by atoms with E-state index in [9.17, 15) is 0 Å². The summed E-state index contributed by atoms with van der Waals surface area (Å²) in [5, 5.41) is 0. The molecule has 0 aliphatic carbocycles. The van der Waals surface area contributed by atoms with Gasteiger partial charge in [0.1, 0.15) is 11.9 Å². The molecule has 2 nitrogen and oxygen atoms in total. The summed E-state index contributed by atoms with van der Waals surface area (Å²) in [5.74, 6) is 5.70. The van der Waals surface area contributed by atoms with Crippen LogP contribution in [0.5, 0.6) is 0 Å². The van der Waals surface area contributed by atoms with Crippen LogP contribution in [0.25, 0.3) is 0 Å². The highest BCUT2D eigenvalue weighted by atomic mass is 15.6. The zero-order valence-electron chi connectivity index (χ0n) is 5.26. The fourth-order valence-corrected chi connectivity index (χ4v) is 0.639. The minimum Gasteiger partial charge on any atom is -0.197 e. The molecular formula is C6H11N2+. The predicted molar refractivity (Wildman–Crippen MR) is 33.3 cm³/mol. The molecule has 0 amide bonds. The average Bonchev–Trinajstić information content (AvgIpc) is 1.86. The first kappa shape index (κ1) is 5.54. The zero-order valence-corrected chi connectivity index (χ0v) is 5.26. The summed E-state index contributed by atoms with van der Waals surface area (Å²) in [7, 11) is 1.94. The van der Waals surface area contributed by atoms with Gasteiger partial charge in [-0.2, -0.15) is 10.4 Å². The van der Waals surface area contributed by atoms with Crippen molar-refractivity contribution < 1.29 is 4.59 Å². The lowest BCUT2D eigenvalue weighted by molar-refractivity contribution is -0.830. The van der Waals surface area contributed by atoms with Gasteiger partial charge in [0, 0.05) is 13.0 Å². The monoisotopic (exact) mass is 111 g/mol. The Morgan fingerprint density at radius 1 is 1.62 bits per heavy atom. The summed E-state index contributed by atoms with van der Waals surface area (Å²) >= 11 is 0. The Morgan fingerprint density at radius 2 is 2.25 bits per heavy atom. The third kappa shape index (κ3) is 0.680. The summed E-state index contributed by atoms with van der Waals surface area (Å²) in [6, 6.07) is 0. The predicted octanol–water partition coefficient (Wildman–Crippen LogP) is 0.738. The van der Waals surface area contributed by atoms with Crippen molar-refractivity contribution in [1.29, 1.82) is 0 Å². The Bertz CT molecular complexity index is 154. The van der Waals surface area contributed by atoms with Crippen molar-refractivity contribution in [3.63, 3.8) is 0 Å². The van der Waals surface area contributed by atoms with Crippen LogP contribution in [-0.2, 0) is 0 Å². The van der Waals surface area contributed by atoms with Gasteiger partial charge in [-0.1, -0.05) is 0 Å². The molecule has 0 aromatic heterocycles. The van der Waals surface area contributed by atoms with Gasteiger partial charge in [-0.05, 0) is 6.08 Å². The highest BCUT2D eigenvalue weighted by Crippen LogP contribution is 2.13. The summed E-state index contributed by atoms with van der Waals surface area (Å²) in [6.07, 6.45) is 5.92. The van der Waals surface area contributed by atoms with Crippen molar-refractivity contribution in [3.8, 4) is 0 Å². The summed E-state index contributed by atoms with van der Waals surface area (Å²) in [4.78, 5) is 0. The van der Waals surface area contributed by atoms with E-state index in [0.29, 0.717) is 4.59 Å². The van der Waals surface area contributed by atoms with Gasteiger partial charge in [0.25, 0.3) is 0 Å². The van der Waals surface area contributed by atoms with E-state index in [-0.39, 0.29) is 0 Å². The molecule has 0 spiro atoms. The van der Waals surface area contributed by atoms with E-state index in [0.717, 1.165) is 0 Å². The third-order valence-electron chi connectivity index (χ3n) is 1.49. The molecule has 1 atom stereocenters. The second kappa shape index (κ2) is 1.44. The molecule has 0 bridgehead atoms. The lowest BCUT2D eigenvalue weighted by atomic mass is 10.4. The molecule has 44 valence electrons. The van der Waals surface area contributed by atoms with Gasteiger partial charge in [-0.3, -0.25) is 0 Å². The van der Waals surface area contributed by atoms with Crippen LogP contribution >= 0.6 is 0 Å². The molecule has 1 unspecified atom stereocenters. The van der Waals surface area contributed by atoms with Gasteiger partial charge in [-0.25, -0.2) is 0 Å². The van der Waals surface area contributed by atoms with E-state index in [1.165, 1.54) is 5.70 Å². The average molecular weight is 111 g/mol. The number of hydrogen-bond donors (Lipinski definition) is 1. The minimum absolute atomic E-state index is 0.417. The first-order chi connectivity index (χ1) is 3.63. The van der Waals surface area contributed by atoms with E-state index in [2.05, 4.69) is 0 Å². The molecule has 1 aliphatic rings. The van der Waals surface area contributed by atoms with Crippen LogP contribution in [-0.4, -0.2) is 11.6 Å². The van der Waals surface area contributed by atoms with Crippen molar-refractivity contribution >= 4 is 0 Å². The molecule has 0 saturated carbocycles. The van der Waals surface area contributed by atoms with Crippen LogP contribution in [0.4, 0.5) is 0 Å². The van der Waals surface area contributed by atoms with Gasteiger partial charge in [-0.15, -0.1) is 0 Å². The van der Waals surface area contributed by atoms with Gasteiger partial charge in [0.15, 0.2) is 0 Å². The summed E-state index contributed by atoms with van der Waals surface area (Å²) in [5.41, 5.74) is 1.17. The maximum absolute atomic E-state index is 5.70. The van der Waals surface area contributed by atoms with E-state index in [1.54, 1.807) is 0 Å². The number of quaternary nitrogens is 1. The fourth-order valence-electron chi connectivity index (χ4n) is 0.639. The zero-order chi connectivity index (χ0) is 6.20. The molecule has 0 radical (unpaired) electrons. The highest BCUT2D eigenvalue weighted by molar-refractivity contribution is 5.10. The molecule has 2 N–H and O–H groups in total. The molecule has 0 saturated heterocycles. The van der Waals surface area contributed by atoms with E-state index in [4.69, 9.17) is 5.84 Å². The normalized spacial score (nSPS) is 35.6. The molecule has 2 heteroatoms. The van der Waals surface area contributed by atoms with E-state index in [1.807, 2.05) is 32.3 Å². The highest BCUT2D eigenvalue weighted by Gasteiger charge is 2.18. The SMILES string of the molecule is CC1=CC=C[N+]1(C)N. The third-order valence-corrected chi connectivity index (χ3v) is 1.49. The van der Waals surface area contributed by atoms with Crippen LogP contribution < -0.4 is 5.84 Å². The standard InChI is InChI=1S/C6H11N2/c1-6-4-3-5-8(6,2)7/h3-5H,7H2,1-2H3/q+1. The van der Waals surface area contributed by atoms with Gasteiger partial charge >= 0.3 is 0 Å². The quantitative estimate of drug-likeness (QED) is 0.362. The van der Waals surface area contributed by atoms with Crippen molar-refractivity contribution in [1.82, 2.24) is 0 Å². The number of hydrogen-bond acceptors (Lipinski definition) is 1. The molecule has 1 rings (SSSR count). The molecule has 1 heterocycles. The number of rotatable bonds is 0. The lowest BCUT2D eigenvalue weighted by Gasteiger charge is -2.18. The number of nitrogens with two attached hydrogens (primary N) is 1. The summed E-state index contributed by atoms with van der Waals surface area (Å²) < 4.78 is 0.417. The van der Waals surface area contributed by atoms with Crippen LogP contribution in [0.15, 0.2) is 24.0 Å². The second-order valence-electron chi connectivity index (χ2n) is 2.30. The van der Waals surface area contributed by atoms with Crippen LogP contribution in [0.1, 0.15) is 6.92 Å². The lowest BCUT2D eigenvalue weighted by Crippen LogP contribution is -2.41. The molecule has 1 aliphatic heterocycles. The maximum Gasteiger partial charge on any atom is 0.129 e. The molecule has 0 aromatic carbocycles. The Kier molecular flexibility index (Phi) is 0.994. The Balaban J connectivity index is 2.87. The Labute approximate surface area is 49.5 Å². The second-order valence-corrected chi connectivity index (χ2v) is 2.30. The topological polar surface area (TPSA) is 26.0 Å². The van der Waals surface area contributed by atoms with Gasteiger partial charge < -0.3 is 0 Å². The summed E-state index contributed by atoms with van der Waals surface area (Å²) in [6.45, 7) is 2.01. The molecule has 0 fully saturated rings. The Morgan fingerprint density at radius 3 is 2.38 bits per heavy atom. The molecule has 8 heavy (non-hydrogen) atoms. The van der Waals surface area contributed by atoms with Crippen molar-refractivity contribution in [2.24, 2.45) is 5.84 Å². The van der Waals surface area contributed by atoms with Crippen LogP contribution in [0.3, 0.4) is 0 Å².